The number of fused-ring (bicyclic) bond motifs is 3. The van der Waals surface area contributed by atoms with E-state index in [0.29, 0.717) is 23.9 Å². The van der Waals surface area contributed by atoms with E-state index < -0.39 is 17.3 Å². The Morgan fingerprint density at radius 1 is 1.33 bits per heavy atom. The van der Waals surface area contributed by atoms with Crippen LogP contribution in [0.4, 0.5) is 4.79 Å². The van der Waals surface area contributed by atoms with Gasteiger partial charge in [-0.3, -0.25) is 0 Å². The molecule has 0 spiro atoms. The summed E-state index contributed by atoms with van der Waals surface area (Å²) in [7, 11) is 0. The van der Waals surface area contributed by atoms with Crippen LogP contribution >= 0.6 is 11.6 Å². The molecule has 0 radical (unpaired) electrons. The highest BCUT2D eigenvalue weighted by molar-refractivity contribution is 6.36. The van der Waals surface area contributed by atoms with E-state index in [1.165, 1.54) is 11.0 Å². The Morgan fingerprint density at radius 2 is 2.04 bits per heavy atom. The number of amides is 1. The van der Waals surface area contributed by atoms with Gasteiger partial charge in [0.15, 0.2) is 5.58 Å². The summed E-state index contributed by atoms with van der Waals surface area (Å²) in [6.45, 7) is 5.93. The number of benzene rings is 1. The Hall–Kier alpha value is -2.21. The number of carbonyl (C=O) groups excluding carboxylic acids is 1. The van der Waals surface area contributed by atoms with Crippen molar-refractivity contribution in [3.63, 3.8) is 0 Å². The van der Waals surface area contributed by atoms with Crippen LogP contribution in [-0.4, -0.2) is 28.2 Å². The van der Waals surface area contributed by atoms with E-state index in [4.69, 9.17) is 20.8 Å². The molecule has 1 N–H and O–H groups in total. The van der Waals surface area contributed by atoms with Gasteiger partial charge >= 0.3 is 11.7 Å². The zero-order chi connectivity index (χ0) is 17.6. The Balaban J connectivity index is 2.01. The fourth-order valence-corrected chi connectivity index (χ4v) is 2.97. The normalized spacial score (nSPS) is 14.6. The molecule has 1 amide bonds. The largest absolute Gasteiger partial charge is 0.506 e. The van der Waals surface area contributed by atoms with Gasteiger partial charge in [0.2, 0.25) is 0 Å². The van der Waals surface area contributed by atoms with Crippen LogP contribution in [0.2, 0.25) is 5.02 Å². The third-order valence-corrected chi connectivity index (χ3v) is 4.20. The third kappa shape index (κ3) is 2.94. The lowest BCUT2D eigenvalue weighted by atomic mass is 9.97. The quantitative estimate of drug-likeness (QED) is 0.735. The number of hydrogen-bond acceptors (Lipinski definition) is 5. The Labute approximate surface area is 143 Å². The van der Waals surface area contributed by atoms with Crippen molar-refractivity contribution in [1.29, 1.82) is 0 Å². The van der Waals surface area contributed by atoms with E-state index in [0.717, 1.165) is 5.56 Å². The van der Waals surface area contributed by atoms with E-state index in [1.54, 1.807) is 26.8 Å². The molecule has 2 aromatic rings. The molecule has 6 nitrogen and oxygen atoms in total. The smallest absolute Gasteiger partial charge is 0.410 e. The SMILES string of the molecule is CC(C)(C)OC(=O)N1CCc2c(c(=O)oc3c(Cl)c(O)ccc23)C1. The first kappa shape index (κ1) is 16.6. The minimum absolute atomic E-state index is 0.0157. The first-order valence-electron chi connectivity index (χ1n) is 7.61. The monoisotopic (exact) mass is 351 g/mol. The van der Waals surface area contributed by atoms with Crippen LogP contribution in [0.1, 0.15) is 31.9 Å². The maximum Gasteiger partial charge on any atom is 0.410 e. The fraction of sp³-hybridized carbons (Fsp3) is 0.412. The lowest BCUT2D eigenvalue weighted by Crippen LogP contribution is -2.41. The van der Waals surface area contributed by atoms with Crippen molar-refractivity contribution in [2.45, 2.75) is 39.3 Å². The summed E-state index contributed by atoms with van der Waals surface area (Å²) >= 11 is 6.03. The summed E-state index contributed by atoms with van der Waals surface area (Å²) in [4.78, 5) is 26.0. The van der Waals surface area contributed by atoms with E-state index in [-0.39, 0.29) is 22.9 Å². The van der Waals surface area contributed by atoms with Crippen molar-refractivity contribution in [1.82, 2.24) is 4.90 Å². The Bertz CT molecular complexity index is 881. The maximum absolute atomic E-state index is 12.3. The average Bonchev–Trinajstić information content (AvgIpc) is 2.49. The van der Waals surface area contributed by atoms with Crippen molar-refractivity contribution >= 4 is 28.7 Å². The van der Waals surface area contributed by atoms with Crippen LogP contribution in [-0.2, 0) is 17.7 Å². The first-order chi connectivity index (χ1) is 11.2. The van der Waals surface area contributed by atoms with Crippen LogP contribution < -0.4 is 5.63 Å². The zero-order valence-corrected chi connectivity index (χ0v) is 14.4. The maximum atomic E-state index is 12.3. The molecule has 1 aliphatic heterocycles. The van der Waals surface area contributed by atoms with Crippen molar-refractivity contribution in [3.05, 3.63) is 38.7 Å². The van der Waals surface area contributed by atoms with E-state index in [2.05, 4.69) is 0 Å². The highest BCUT2D eigenvalue weighted by Crippen LogP contribution is 2.35. The molecular weight excluding hydrogens is 334 g/mol. The second-order valence-electron chi connectivity index (χ2n) is 6.77. The van der Waals surface area contributed by atoms with Crippen molar-refractivity contribution in [2.24, 2.45) is 0 Å². The highest BCUT2D eigenvalue weighted by Gasteiger charge is 2.29. The van der Waals surface area contributed by atoms with Crippen molar-refractivity contribution in [3.8, 4) is 5.75 Å². The van der Waals surface area contributed by atoms with Crippen molar-refractivity contribution < 1.29 is 19.1 Å². The van der Waals surface area contributed by atoms with E-state index >= 15 is 0 Å². The van der Waals surface area contributed by atoms with Gasteiger partial charge in [-0.25, -0.2) is 9.59 Å². The molecule has 0 aliphatic carbocycles. The van der Waals surface area contributed by atoms with Gasteiger partial charge < -0.3 is 19.2 Å². The van der Waals surface area contributed by atoms with Crippen LogP contribution in [0.5, 0.6) is 5.75 Å². The second-order valence-corrected chi connectivity index (χ2v) is 7.15. The molecule has 0 saturated carbocycles. The summed E-state index contributed by atoms with van der Waals surface area (Å²) in [6, 6.07) is 3.13. The molecule has 0 saturated heterocycles. The minimum atomic E-state index is -0.601. The number of aromatic hydroxyl groups is 1. The fourth-order valence-electron chi connectivity index (χ4n) is 2.77. The lowest BCUT2D eigenvalue weighted by molar-refractivity contribution is 0.0222. The summed E-state index contributed by atoms with van der Waals surface area (Å²) < 4.78 is 10.6. The van der Waals surface area contributed by atoms with E-state index in [9.17, 15) is 14.7 Å². The van der Waals surface area contributed by atoms with Crippen LogP contribution in [0.15, 0.2) is 21.3 Å². The van der Waals surface area contributed by atoms with Crippen molar-refractivity contribution in [2.75, 3.05) is 6.54 Å². The number of rotatable bonds is 0. The molecule has 0 fully saturated rings. The summed E-state index contributed by atoms with van der Waals surface area (Å²) in [6.07, 6.45) is 0.0222. The van der Waals surface area contributed by atoms with Gasteiger partial charge in [0.05, 0.1) is 12.1 Å². The van der Waals surface area contributed by atoms with Gasteiger partial charge in [0, 0.05) is 11.9 Å². The number of ether oxygens (including phenoxy) is 1. The highest BCUT2D eigenvalue weighted by atomic mass is 35.5. The van der Waals surface area contributed by atoms with Gasteiger partial charge in [-0.2, -0.15) is 0 Å². The predicted octanol–water partition coefficient (Wildman–Crippen LogP) is 3.45. The van der Waals surface area contributed by atoms with E-state index in [1.807, 2.05) is 0 Å². The zero-order valence-electron chi connectivity index (χ0n) is 13.7. The van der Waals surface area contributed by atoms with Crippen LogP contribution in [0.3, 0.4) is 0 Å². The molecule has 1 aromatic carbocycles. The van der Waals surface area contributed by atoms with Gasteiger partial charge in [-0.05, 0) is 44.9 Å². The molecule has 24 heavy (non-hydrogen) atoms. The molecular formula is C17H18ClNO5. The second kappa shape index (κ2) is 5.70. The number of nitrogens with zero attached hydrogens (tertiary/aromatic N) is 1. The summed E-state index contributed by atoms with van der Waals surface area (Å²) in [5.74, 6) is -0.140. The van der Waals surface area contributed by atoms with Crippen LogP contribution in [0, 0.1) is 0 Å². The predicted molar refractivity (Wildman–Crippen MR) is 89.5 cm³/mol. The molecule has 7 heteroatoms. The standard InChI is InChI=1S/C17H18ClNO5/c1-17(2,3)24-16(22)19-7-6-9-10-4-5-12(20)13(18)14(10)23-15(21)11(9)8-19/h4-5,20H,6-8H2,1-3H3. The number of hydrogen-bond donors (Lipinski definition) is 1. The minimum Gasteiger partial charge on any atom is -0.506 e. The average molecular weight is 352 g/mol. The summed E-state index contributed by atoms with van der Waals surface area (Å²) in [5.41, 5.74) is 0.227. The molecule has 128 valence electrons. The molecule has 0 unspecified atom stereocenters. The molecule has 2 heterocycles. The topological polar surface area (TPSA) is 80.0 Å². The number of phenols is 1. The first-order valence-corrected chi connectivity index (χ1v) is 7.99. The third-order valence-electron chi connectivity index (χ3n) is 3.84. The molecule has 0 bridgehead atoms. The molecule has 3 rings (SSSR count). The molecule has 1 aliphatic rings. The van der Waals surface area contributed by atoms with Gasteiger partial charge in [0.25, 0.3) is 0 Å². The molecule has 1 aromatic heterocycles. The van der Waals surface area contributed by atoms with Gasteiger partial charge in [0.1, 0.15) is 16.4 Å². The Kier molecular flexibility index (Phi) is 3.95. The van der Waals surface area contributed by atoms with Crippen LogP contribution in [0.25, 0.3) is 11.0 Å². The number of phenolic OH excluding ortho intramolecular Hbond substituents is 1. The lowest BCUT2D eigenvalue weighted by Gasteiger charge is -2.31. The van der Waals surface area contributed by atoms with Gasteiger partial charge in [-0.1, -0.05) is 11.6 Å². The number of carbonyl (C=O) groups is 1. The van der Waals surface area contributed by atoms with Gasteiger partial charge in [-0.15, -0.1) is 0 Å². The molecule has 0 atom stereocenters. The Morgan fingerprint density at radius 3 is 2.71 bits per heavy atom. The number of halogens is 1. The summed E-state index contributed by atoms with van der Waals surface area (Å²) in [5, 5.41) is 10.4.